The molecule has 1 aromatic heterocycles. The van der Waals surface area contributed by atoms with Crippen LogP contribution in [0, 0.1) is 0 Å². The van der Waals surface area contributed by atoms with Crippen molar-refractivity contribution in [2.24, 2.45) is 0 Å². The Balaban J connectivity index is 1.64. The maximum absolute atomic E-state index is 6.38. The van der Waals surface area contributed by atoms with Crippen molar-refractivity contribution < 1.29 is 18.7 Å². The van der Waals surface area contributed by atoms with E-state index < -0.39 is 0 Å². The van der Waals surface area contributed by atoms with Crippen LogP contribution in [-0.2, 0) is 0 Å². The minimum atomic E-state index is 0.204. The van der Waals surface area contributed by atoms with Crippen LogP contribution in [0.5, 0.6) is 17.2 Å². The molecular formula is C19H14Cl2N2O4. The Morgan fingerprint density at radius 2 is 1.93 bits per heavy atom. The molecule has 0 fully saturated rings. The van der Waals surface area contributed by atoms with Crippen LogP contribution in [0.4, 0.5) is 0 Å². The number of rotatable bonds is 4. The van der Waals surface area contributed by atoms with Crippen LogP contribution in [0.2, 0.25) is 5.02 Å². The van der Waals surface area contributed by atoms with E-state index in [2.05, 4.69) is 10.1 Å². The number of ether oxygens (including phenoxy) is 3. The molecule has 0 radical (unpaired) electrons. The van der Waals surface area contributed by atoms with E-state index in [1.165, 1.54) is 0 Å². The number of nitrogens with zero attached hydrogens (tertiary/aromatic N) is 2. The first-order valence-electron chi connectivity index (χ1n) is 8.09. The van der Waals surface area contributed by atoms with Crippen molar-refractivity contribution in [3.05, 3.63) is 52.9 Å². The molecule has 1 aliphatic rings. The van der Waals surface area contributed by atoms with Crippen molar-refractivity contribution in [3.63, 3.8) is 0 Å². The molecule has 1 aliphatic heterocycles. The van der Waals surface area contributed by atoms with Crippen LogP contribution in [0.15, 0.2) is 40.9 Å². The summed E-state index contributed by atoms with van der Waals surface area (Å²) in [6.45, 7) is 0.958. The van der Waals surface area contributed by atoms with Gasteiger partial charge in [-0.2, -0.15) is 4.98 Å². The zero-order valence-electron chi connectivity index (χ0n) is 14.2. The summed E-state index contributed by atoms with van der Waals surface area (Å²) in [5, 5.41) is 4.88. The van der Waals surface area contributed by atoms with Crippen molar-refractivity contribution in [1.29, 1.82) is 0 Å². The number of fused-ring (bicyclic) bond motifs is 1. The molecule has 0 bridgehead atoms. The smallest absolute Gasteiger partial charge is 0.269 e. The number of halogens is 2. The summed E-state index contributed by atoms with van der Waals surface area (Å²) in [6, 6.07) is 10.7. The maximum atomic E-state index is 6.38. The molecule has 8 heteroatoms. The number of aromatic nitrogens is 2. The highest BCUT2D eigenvalue weighted by molar-refractivity contribution is 6.50. The molecule has 0 atom stereocenters. The zero-order valence-corrected chi connectivity index (χ0v) is 15.8. The quantitative estimate of drug-likeness (QED) is 0.615. The number of hydrogen-bond donors (Lipinski definition) is 0. The fourth-order valence-electron chi connectivity index (χ4n) is 2.62. The second-order valence-corrected chi connectivity index (χ2v) is 6.51. The molecule has 6 nitrogen and oxygen atoms in total. The van der Waals surface area contributed by atoms with Crippen LogP contribution in [0.3, 0.4) is 0 Å². The summed E-state index contributed by atoms with van der Waals surface area (Å²) in [7, 11) is 1.57. The molecule has 0 saturated heterocycles. The predicted octanol–water partition coefficient (Wildman–Crippen LogP) is 4.91. The van der Waals surface area contributed by atoms with Crippen LogP contribution < -0.4 is 14.2 Å². The highest BCUT2D eigenvalue weighted by Gasteiger charge is 2.19. The lowest BCUT2D eigenvalue weighted by atomic mass is 10.1. The Labute approximate surface area is 165 Å². The monoisotopic (exact) mass is 404 g/mol. The van der Waals surface area contributed by atoms with E-state index in [1.807, 2.05) is 6.07 Å². The van der Waals surface area contributed by atoms with E-state index >= 15 is 0 Å². The van der Waals surface area contributed by atoms with Crippen molar-refractivity contribution in [2.45, 2.75) is 0 Å². The first-order chi connectivity index (χ1) is 13.1. The topological polar surface area (TPSA) is 66.6 Å². The minimum absolute atomic E-state index is 0.204. The van der Waals surface area contributed by atoms with Gasteiger partial charge < -0.3 is 18.7 Å². The fourth-order valence-corrected chi connectivity index (χ4v) is 2.95. The van der Waals surface area contributed by atoms with Gasteiger partial charge in [0.15, 0.2) is 11.5 Å². The second-order valence-electron chi connectivity index (χ2n) is 5.67. The molecular weight excluding hydrogens is 391 g/mol. The fraction of sp³-hybridized carbons (Fsp3) is 0.158. The van der Waals surface area contributed by atoms with Crippen LogP contribution in [0.1, 0.15) is 11.5 Å². The SMILES string of the molecule is COc1cc(/C=C(\Cl)c2nc(-c3ccc(Cl)cc3)no2)cc2c1OCCO2. The Morgan fingerprint density at radius 1 is 1.15 bits per heavy atom. The molecule has 0 spiro atoms. The van der Waals surface area contributed by atoms with Crippen molar-refractivity contribution in [3.8, 4) is 28.6 Å². The third-order valence-electron chi connectivity index (χ3n) is 3.88. The Morgan fingerprint density at radius 3 is 2.70 bits per heavy atom. The summed E-state index contributed by atoms with van der Waals surface area (Å²) < 4.78 is 21.9. The summed E-state index contributed by atoms with van der Waals surface area (Å²) in [5.41, 5.74) is 1.53. The lowest BCUT2D eigenvalue weighted by Crippen LogP contribution is -2.16. The molecule has 0 unspecified atom stereocenters. The summed E-state index contributed by atoms with van der Waals surface area (Å²) in [6.07, 6.45) is 1.70. The predicted molar refractivity (Wildman–Crippen MR) is 102 cm³/mol. The van der Waals surface area contributed by atoms with Gasteiger partial charge in [-0.05, 0) is 48.0 Å². The van der Waals surface area contributed by atoms with E-state index in [4.69, 9.17) is 41.9 Å². The number of benzene rings is 2. The summed E-state index contributed by atoms with van der Waals surface area (Å²) >= 11 is 12.3. The largest absolute Gasteiger partial charge is 0.493 e. The van der Waals surface area contributed by atoms with Crippen LogP contribution >= 0.6 is 23.2 Å². The molecule has 0 N–H and O–H groups in total. The Kier molecular flexibility index (Phi) is 4.92. The van der Waals surface area contributed by atoms with Crippen molar-refractivity contribution >= 4 is 34.3 Å². The van der Waals surface area contributed by atoms with E-state index in [-0.39, 0.29) is 5.89 Å². The lowest BCUT2D eigenvalue weighted by molar-refractivity contribution is 0.165. The Hall–Kier alpha value is -2.70. The number of hydrogen-bond acceptors (Lipinski definition) is 6. The van der Waals surface area contributed by atoms with Gasteiger partial charge in [0.1, 0.15) is 18.2 Å². The van der Waals surface area contributed by atoms with Gasteiger partial charge in [-0.3, -0.25) is 0 Å². The molecule has 3 aromatic rings. The molecule has 138 valence electrons. The van der Waals surface area contributed by atoms with Gasteiger partial charge in [0.25, 0.3) is 5.89 Å². The standard InChI is InChI=1S/C19H14Cl2N2O4/c1-24-15-9-11(10-16-17(15)26-7-6-25-16)8-14(21)19-22-18(23-27-19)12-2-4-13(20)5-3-12/h2-5,8-10H,6-7H2,1H3/b14-8-. The normalized spacial score (nSPS) is 13.5. The van der Waals surface area contributed by atoms with E-state index in [9.17, 15) is 0 Å². The third-order valence-corrected chi connectivity index (χ3v) is 4.40. The van der Waals surface area contributed by atoms with Crippen LogP contribution in [-0.4, -0.2) is 30.5 Å². The Bertz CT molecular complexity index is 982. The van der Waals surface area contributed by atoms with Gasteiger partial charge in [0, 0.05) is 10.6 Å². The first kappa shape index (κ1) is 17.7. The molecule has 2 aromatic carbocycles. The maximum Gasteiger partial charge on any atom is 0.269 e. The van der Waals surface area contributed by atoms with Gasteiger partial charge in [0.2, 0.25) is 11.6 Å². The van der Waals surface area contributed by atoms with Gasteiger partial charge in [-0.25, -0.2) is 0 Å². The molecule has 27 heavy (non-hydrogen) atoms. The molecule has 0 aliphatic carbocycles. The zero-order chi connectivity index (χ0) is 18.8. The molecule has 0 saturated carbocycles. The summed E-state index contributed by atoms with van der Waals surface area (Å²) in [5.74, 6) is 2.38. The molecule has 2 heterocycles. The average Bonchev–Trinajstić information content (AvgIpc) is 3.18. The molecule has 4 rings (SSSR count). The van der Waals surface area contributed by atoms with Crippen molar-refractivity contribution in [1.82, 2.24) is 10.1 Å². The lowest BCUT2D eigenvalue weighted by Gasteiger charge is -2.21. The molecule has 0 amide bonds. The van der Waals surface area contributed by atoms with E-state index in [0.29, 0.717) is 46.3 Å². The van der Waals surface area contributed by atoms with Crippen LogP contribution in [0.25, 0.3) is 22.5 Å². The van der Waals surface area contributed by atoms with Gasteiger partial charge in [-0.1, -0.05) is 28.4 Å². The van der Waals surface area contributed by atoms with E-state index in [0.717, 1.165) is 11.1 Å². The number of methoxy groups -OCH3 is 1. The van der Waals surface area contributed by atoms with Gasteiger partial charge >= 0.3 is 0 Å². The minimum Gasteiger partial charge on any atom is -0.493 e. The second kappa shape index (κ2) is 7.50. The first-order valence-corrected chi connectivity index (χ1v) is 8.84. The highest BCUT2D eigenvalue weighted by Crippen LogP contribution is 2.41. The summed E-state index contributed by atoms with van der Waals surface area (Å²) in [4.78, 5) is 4.33. The van der Waals surface area contributed by atoms with Gasteiger partial charge in [-0.15, -0.1) is 0 Å². The van der Waals surface area contributed by atoms with Gasteiger partial charge in [0.05, 0.1) is 7.11 Å². The van der Waals surface area contributed by atoms with Crippen molar-refractivity contribution in [2.75, 3.05) is 20.3 Å². The van der Waals surface area contributed by atoms with E-state index in [1.54, 1.807) is 43.5 Å². The average molecular weight is 405 g/mol. The third kappa shape index (κ3) is 3.72. The highest BCUT2D eigenvalue weighted by atomic mass is 35.5.